The molecular weight excluding hydrogens is 310 g/mol. The first-order valence-corrected chi connectivity index (χ1v) is 8.94. The van der Waals surface area contributed by atoms with Crippen molar-refractivity contribution in [1.82, 2.24) is 4.31 Å². The first-order chi connectivity index (χ1) is 9.78. The van der Waals surface area contributed by atoms with Crippen LogP contribution in [-0.4, -0.2) is 32.9 Å². The third-order valence-electron chi connectivity index (χ3n) is 4.02. The van der Waals surface area contributed by atoms with Crippen LogP contribution in [0.1, 0.15) is 30.9 Å². The van der Waals surface area contributed by atoms with Gasteiger partial charge in [0.15, 0.2) is 0 Å². The maximum atomic E-state index is 13.0. The SMILES string of the molecule is COc1cc(C)c(Cl)c(C)c1S(=O)(=O)N1CCC[C@H](C)C1. The Hall–Kier alpha value is -0.780. The molecule has 0 aliphatic carbocycles. The Morgan fingerprint density at radius 3 is 2.62 bits per heavy atom. The Kier molecular flexibility index (Phi) is 4.85. The van der Waals surface area contributed by atoms with Crippen LogP contribution in [0.5, 0.6) is 5.75 Å². The van der Waals surface area contributed by atoms with Crippen LogP contribution in [0.2, 0.25) is 5.02 Å². The van der Waals surface area contributed by atoms with E-state index in [0.717, 1.165) is 18.4 Å². The van der Waals surface area contributed by atoms with Crippen LogP contribution < -0.4 is 4.74 Å². The fourth-order valence-electron chi connectivity index (χ4n) is 2.87. The van der Waals surface area contributed by atoms with Gasteiger partial charge in [0.05, 0.1) is 7.11 Å². The molecule has 1 aliphatic heterocycles. The van der Waals surface area contributed by atoms with Crippen LogP contribution in [0.15, 0.2) is 11.0 Å². The van der Waals surface area contributed by atoms with E-state index in [1.165, 1.54) is 7.11 Å². The van der Waals surface area contributed by atoms with E-state index < -0.39 is 10.0 Å². The van der Waals surface area contributed by atoms with Crippen LogP contribution >= 0.6 is 11.6 Å². The number of ether oxygens (including phenoxy) is 1. The summed E-state index contributed by atoms with van der Waals surface area (Å²) in [7, 11) is -2.10. The van der Waals surface area contributed by atoms with Crippen molar-refractivity contribution in [3.63, 3.8) is 0 Å². The van der Waals surface area contributed by atoms with Crippen molar-refractivity contribution in [2.75, 3.05) is 20.2 Å². The minimum Gasteiger partial charge on any atom is -0.495 e. The van der Waals surface area contributed by atoms with Crippen LogP contribution in [-0.2, 0) is 10.0 Å². The Morgan fingerprint density at radius 1 is 1.38 bits per heavy atom. The molecular formula is C15H22ClNO3S. The largest absolute Gasteiger partial charge is 0.495 e. The number of rotatable bonds is 3. The van der Waals surface area contributed by atoms with Gasteiger partial charge in [-0.05, 0) is 49.8 Å². The molecule has 0 N–H and O–H groups in total. The van der Waals surface area contributed by atoms with E-state index in [1.807, 2.05) is 6.92 Å². The van der Waals surface area contributed by atoms with Gasteiger partial charge in [0, 0.05) is 18.1 Å². The molecule has 0 aromatic heterocycles. The lowest BCUT2D eigenvalue weighted by atomic mass is 10.0. The number of nitrogens with zero attached hydrogens (tertiary/aromatic N) is 1. The second kappa shape index (κ2) is 6.15. The summed E-state index contributed by atoms with van der Waals surface area (Å²) in [5.74, 6) is 0.744. The van der Waals surface area contributed by atoms with Gasteiger partial charge in [0.2, 0.25) is 10.0 Å². The zero-order chi connectivity index (χ0) is 15.8. The number of benzene rings is 1. The normalized spacial score (nSPS) is 20.5. The number of aryl methyl sites for hydroxylation is 1. The number of hydrogen-bond acceptors (Lipinski definition) is 3. The van der Waals surface area contributed by atoms with Crippen LogP contribution in [0.4, 0.5) is 0 Å². The predicted molar refractivity (Wildman–Crippen MR) is 84.6 cm³/mol. The van der Waals surface area contributed by atoms with Crippen LogP contribution in [0.3, 0.4) is 0 Å². The highest BCUT2D eigenvalue weighted by molar-refractivity contribution is 7.89. The van der Waals surface area contributed by atoms with Crippen molar-refractivity contribution in [2.45, 2.75) is 38.5 Å². The smallest absolute Gasteiger partial charge is 0.247 e. The molecule has 1 saturated heterocycles. The zero-order valence-electron chi connectivity index (χ0n) is 12.9. The number of methoxy groups -OCH3 is 1. The molecule has 1 aliphatic rings. The molecule has 0 unspecified atom stereocenters. The van der Waals surface area contributed by atoms with Crippen molar-refractivity contribution in [3.05, 3.63) is 22.2 Å². The first-order valence-electron chi connectivity index (χ1n) is 7.13. The van der Waals surface area contributed by atoms with Gasteiger partial charge < -0.3 is 4.74 Å². The standard InChI is InChI=1S/C15H22ClNO3S/c1-10-6-5-7-17(9-10)21(18,19)15-12(3)14(16)11(2)8-13(15)20-4/h8,10H,5-7,9H2,1-4H3/t10-/m0/s1. The Labute approximate surface area is 132 Å². The monoisotopic (exact) mass is 331 g/mol. The average Bonchev–Trinajstić information content (AvgIpc) is 2.43. The third-order valence-corrected chi connectivity index (χ3v) is 6.64. The van der Waals surface area contributed by atoms with Crippen LogP contribution in [0.25, 0.3) is 0 Å². The summed E-state index contributed by atoms with van der Waals surface area (Å²) >= 11 is 6.25. The molecule has 21 heavy (non-hydrogen) atoms. The van der Waals surface area contributed by atoms with Crippen molar-refractivity contribution in [1.29, 1.82) is 0 Å². The number of piperidine rings is 1. The van der Waals surface area contributed by atoms with Crippen molar-refractivity contribution in [3.8, 4) is 5.75 Å². The van der Waals surface area contributed by atoms with E-state index in [4.69, 9.17) is 16.3 Å². The maximum Gasteiger partial charge on any atom is 0.247 e. The lowest BCUT2D eigenvalue weighted by Gasteiger charge is -2.31. The molecule has 1 fully saturated rings. The lowest BCUT2D eigenvalue weighted by molar-refractivity contribution is 0.280. The highest BCUT2D eigenvalue weighted by Crippen LogP contribution is 2.37. The van der Waals surface area contributed by atoms with E-state index >= 15 is 0 Å². The number of halogens is 1. The second-order valence-corrected chi connectivity index (χ2v) is 8.03. The number of sulfonamides is 1. The predicted octanol–water partition coefficient (Wildman–Crippen LogP) is 3.39. The van der Waals surface area contributed by atoms with Crippen molar-refractivity contribution < 1.29 is 13.2 Å². The highest BCUT2D eigenvalue weighted by atomic mass is 35.5. The molecule has 1 aromatic rings. The molecule has 118 valence electrons. The minimum atomic E-state index is -3.58. The number of hydrogen-bond donors (Lipinski definition) is 0. The Balaban J connectivity index is 2.56. The summed E-state index contributed by atoms with van der Waals surface area (Å²) in [5.41, 5.74) is 1.38. The van der Waals surface area contributed by atoms with E-state index in [1.54, 1.807) is 17.3 Å². The van der Waals surface area contributed by atoms with Gasteiger partial charge in [-0.15, -0.1) is 0 Å². The quantitative estimate of drug-likeness (QED) is 0.853. The van der Waals surface area contributed by atoms with Crippen molar-refractivity contribution in [2.24, 2.45) is 5.92 Å². The third kappa shape index (κ3) is 3.05. The summed E-state index contributed by atoms with van der Waals surface area (Å²) in [6.45, 7) is 6.76. The molecule has 0 radical (unpaired) electrons. The Bertz CT molecular complexity index is 643. The van der Waals surface area contributed by atoms with Gasteiger partial charge in [0.1, 0.15) is 10.6 Å². The maximum absolute atomic E-state index is 13.0. The molecule has 1 heterocycles. The summed E-state index contributed by atoms with van der Waals surface area (Å²) in [4.78, 5) is 0.203. The van der Waals surface area contributed by atoms with E-state index in [-0.39, 0.29) is 4.90 Å². The molecule has 1 atom stereocenters. The average molecular weight is 332 g/mol. The minimum absolute atomic E-state index is 0.203. The van der Waals surface area contributed by atoms with Crippen LogP contribution in [0, 0.1) is 19.8 Å². The van der Waals surface area contributed by atoms with Gasteiger partial charge >= 0.3 is 0 Å². The Morgan fingerprint density at radius 2 is 2.05 bits per heavy atom. The molecule has 1 aromatic carbocycles. The summed E-state index contributed by atoms with van der Waals surface area (Å²) in [6.07, 6.45) is 1.96. The van der Waals surface area contributed by atoms with Gasteiger partial charge in [-0.25, -0.2) is 8.42 Å². The van der Waals surface area contributed by atoms with Gasteiger partial charge in [0.25, 0.3) is 0 Å². The van der Waals surface area contributed by atoms with Gasteiger partial charge in [-0.3, -0.25) is 0 Å². The summed E-state index contributed by atoms with van der Waals surface area (Å²) in [5, 5.41) is 0.486. The van der Waals surface area contributed by atoms with E-state index in [9.17, 15) is 8.42 Å². The van der Waals surface area contributed by atoms with Crippen molar-refractivity contribution >= 4 is 21.6 Å². The molecule has 0 amide bonds. The topological polar surface area (TPSA) is 46.6 Å². The fourth-order valence-corrected chi connectivity index (χ4v) is 5.04. The molecule has 6 heteroatoms. The van der Waals surface area contributed by atoms with Gasteiger partial charge in [-0.1, -0.05) is 18.5 Å². The molecule has 4 nitrogen and oxygen atoms in total. The lowest BCUT2D eigenvalue weighted by Crippen LogP contribution is -2.39. The summed E-state index contributed by atoms with van der Waals surface area (Å²) < 4.78 is 32.8. The molecule has 2 rings (SSSR count). The second-order valence-electron chi connectivity index (χ2n) is 5.77. The molecule has 0 saturated carbocycles. The summed E-state index contributed by atoms with van der Waals surface area (Å²) in [6, 6.07) is 1.69. The van der Waals surface area contributed by atoms with E-state index in [2.05, 4.69) is 6.92 Å². The zero-order valence-corrected chi connectivity index (χ0v) is 14.5. The fraction of sp³-hybridized carbons (Fsp3) is 0.600. The molecule has 0 spiro atoms. The van der Waals surface area contributed by atoms with Gasteiger partial charge in [-0.2, -0.15) is 4.31 Å². The van der Waals surface area contributed by atoms with E-state index in [0.29, 0.717) is 35.3 Å². The molecule has 0 bridgehead atoms. The highest BCUT2D eigenvalue weighted by Gasteiger charge is 2.33. The first kappa shape index (κ1) is 16.6.